The molecular formula is C14H11N3O2S. The van der Waals surface area contributed by atoms with Crippen LogP contribution in [0.3, 0.4) is 0 Å². The van der Waals surface area contributed by atoms with Crippen molar-refractivity contribution in [2.75, 3.05) is 5.73 Å². The zero-order valence-electron chi connectivity index (χ0n) is 10.4. The number of hydrogen-bond acceptors (Lipinski definition) is 5. The Balaban J connectivity index is 2.01. The van der Waals surface area contributed by atoms with Crippen LogP contribution in [-0.2, 0) is 0 Å². The lowest BCUT2D eigenvalue weighted by Gasteiger charge is -2.04. The van der Waals surface area contributed by atoms with Gasteiger partial charge in [-0.3, -0.25) is 4.79 Å². The van der Waals surface area contributed by atoms with E-state index in [1.54, 1.807) is 18.2 Å². The third-order valence-electron chi connectivity index (χ3n) is 2.74. The van der Waals surface area contributed by atoms with Crippen molar-refractivity contribution in [3.63, 3.8) is 0 Å². The van der Waals surface area contributed by atoms with Crippen molar-refractivity contribution in [2.45, 2.75) is 10.1 Å². The monoisotopic (exact) mass is 285 g/mol. The second kappa shape index (κ2) is 4.90. The first-order valence-corrected chi connectivity index (χ1v) is 6.68. The summed E-state index contributed by atoms with van der Waals surface area (Å²) in [5, 5.41) is 0.444. The number of benzene rings is 2. The van der Waals surface area contributed by atoms with E-state index in [1.807, 2.05) is 24.3 Å². The SMILES string of the molecule is NC(=O)c1ccc(N)cc1Sc1nc2ccccc2o1. The van der Waals surface area contributed by atoms with E-state index in [4.69, 9.17) is 15.9 Å². The summed E-state index contributed by atoms with van der Waals surface area (Å²) >= 11 is 1.22. The van der Waals surface area contributed by atoms with E-state index in [1.165, 1.54) is 11.8 Å². The van der Waals surface area contributed by atoms with Crippen molar-refractivity contribution in [2.24, 2.45) is 5.73 Å². The topological polar surface area (TPSA) is 95.1 Å². The van der Waals surface area contributed by atoms with E-state index in [9.17, 15) is 4.79 Å². The van der Waals surface area contributed by atoms with Crippen LogP contribution in [0.5, 0.6) is 0 Å². The van der Waals surface area contributed by atoms with Crippen molar-refractivity contribution in [3.8, 4) is 0 Å². The Bertz CT molecular complexity index is 765. The molecule has 5 nitrogen and oxygen atoms in total. The van der Waals surface area contributed by atoms with Gasteiger partial charge in [-0.15, -0.1) is 0 Å². The van der Waals surface area contributed by atoms with Crippen LogP contribution in [0.2, 0.25) is 0 Å². The summed E-state index contributed by atoms with van der Waals surface area (Å²) in [5.41, 5.74) is 13.5. The third-order valence-corrected chi connectivity index (χ3v) is 3.65. The quantitative estimate of drug-likeness (QED) is 0.721. The van der Waals surface area contributed by atoms with Gasteiger partial charge in [0.25, 0.3) is 5.22 Å². The number of nitrogens with two attached hydrogens (primary N) is 2. The molecule has 4 N–H and O–H groups in total. The molecule has 100 valence electrons. The first kappa shape index (κ1) is 12.6. The van der Waals surface area contributed by atoms with Gasteiger partial charge < -0.3 is 15.9 Å². The van der Waals surface area contributed by atoms with E-state index >= 15 is 0 Å². The number of fused-ring (bicyclic) bond motifs is 1. The molecule has 0 saturated carbocycles. The molecule has 20 heavy (non-hydrogen) atoms. The average molecular weight is 285 g/mol. The van der Waals surface area contributed by atoms with Crippen molar-refractivity contribution in [1.29, 1.82) is 0 Å². The fourth-order valence-corrected chi connectivity index (χ4v) is 2.75. The fourth-order valence-electron chi connectivity index (χ4n) is 1.82. The molecule has 0 radical (unpaired) electrons. The third kappa shape index (κ3) is 2.33. The first-order valence-electron chi connectivity index (χ1n) is 5.86. The van der Waals surface area contributed by atoms with Gasteiger partial charge in [-0.25, -0.2) is 4.98 Å². The van der Waals surface area contributed by atoms with Gasteiger partial charge in [0.15, 0.2) is 5.58 Å². The highest BCUT2D eigenvalue weighted by Crippen LogP contribution is 2.33. The number of nitrogens with zero attached hydrogens (tertiary/aromatic N) is 1. The maximum Gasteiger partial charge on any atom is 0.261 e. The molecule has 0 aliphatic heterocycles. The van der Waals surface area contributed by atoms with E-state index in [0.717, 1.165) is 5.52 Å². The Morgan fingerprint density at radius 2 is 2.00 bits per heavy atom. The molecule has 1 aromatic heterocycles. The van der Waals surface area contributed by atoms with E-state index in [0.29, 0.717) is 27.0 Å². The summed E-state index contributed by atoms with van der Waals surface area (Å²) in [6.45, 7) is 0. The summed E-state index contributed by atoms with van der Waals surface area (Å²) in [6, 6.07) is 12.4. The molecular weight excluding hydrogens is 274 g/mol. The van der Waals surface area contributed by atoms with Crippen LogP contribution >= 0.6 is 11.8 Å². The highest BCUT2D eigenvalue weighted by atomic mass is 32.2. The number of carbonyl (C=O) groups is 1. The molecule has 2 aromatic carbocycles. The van der Waals surface area contributed by atoms with E-state index in [2.05, 4.69) is 4.98 Å². The maximum absolute atomic E-state index is 11.4. The largest absolute Gasteiger partial charge is 0.431 e. The maximum atomic E-state index is 11.4. The van der Waals surface area contributed by atoms with Gasteiger partial charge in [0.1, 0.15) is 5.52 Å². The number of amides is 1. The Morgan fingerprint density at radius 3 is 2.75 bits per heavy atom. The Kier molecular flexibility index (Phi) is 3.08. The van der Waals surface area contributed by atoms with E-state index in [-0.39, 0.29) is 0 Å². The predicted molar refractivity (Wildman–Crippen MR) is 77.5 cm³/mol. The van der Waals surface area contributed by atoms with Crippen LogP contribution in [0.15, 0.2) is 57.0 Å². The number of oxazole rings is 1. The van der Waals surface area contributed by atoms with Crippen molar-refractivity contribution in [1.82, 2.24) is 4.98 Å². The van der Waals surface area contributed by atoms with Crippen LogP contribution in [0.25, 0.3) is 11.1 Å². The van der Waals surface area contributed by atoms with Crippen LogP contribution in [0.1, 0.15) is 10.4 Å². The summed E-state index contributed by atoms with van der Waals surface area (Å²) in [6.07, 6.45) is 0. The minimum Gasteiger partial charge on any atom is -0.431 e. The number of rotatable bonds is 3. The van der Waals surface area contributed by atoms with E-state index < -0.39 is 5.91 Å². The van der Waals surface area contributed by atoms with Crippen LogP contribution in [0, 0.1) is 0 Å². The van der Waals surface area contributed by atoms with Gasteiger partial charge in [-0.1, -0.05) is 12.1 Å². The molecule has 0 unspecified atom stereocenters. The summed E-state index contributed by atoms with van der Waals surface area (Å²) in [4.78, 5) is 16.4. The smallest absolute Gasteiger partial charge is 0.261 e. The molecule has 0 bridgehead atoms. The van der Waals surface area contributed by atoms with Gasteiger partial charge in [0, 0.05) is 10.6 Å². The highest BCUT2D eigenvalue weighted by molar-refractivity contribution is 7.99. The van der Waals surface area contributed by atoms with Crippen molar-refractivity contribution >= 4 is 34.5 Å². The fraction of sp³-hybridized carbons (Fsp3) is 0. The lowest BCUT2D eigenvalue weighted by atomic mass is 10.2. The summed E-state index contributed by atoms with van der Waals surface area (Å²) < 4.78 is 5.61. The number of primary amides is 1. The van der Waals surface area contributed by atoms with Gasteiger partial charge in [-0.2, -0.15) is 0 Å². The molecule has 0 fully saturated rings. The van der Waals surface area contributed by atoms with Crippen molar-refractivity contribution < 1.29 is 9.21 Å². The Labute approximate surface area is 119 Å². The molecule has 1 heterocycles. The minimum atomic E-state index is -0.511. The zero-order chi connectivity index (χ0) is 14.1. The molecule has 0 aliphatic carbocycles. The molecule has 6 heteroatoms. The molecule has 1 amide bonds. The van der Waals surface area contributed by atoms with Crippen molar-refractivity contribution in [3.05, 3.63) is 48.0 Å². The minimum absolute atomic E-state index is 0.395. The number of aromatic nitrogens is 1. The van der Waals surface area contributed by atoms with Crippen LogP contribution in [-0.4, -0.2) is 10.9 Å². The average Bonchev–Trinajstić information content (AvgIpc) is 2.80. The standard InChI is InChI=1S/C14H11N3O2S/c15-8-5-6-9(13(16)18)12(7-8)20-14-17-10-3-1-2-4-11(10)19-14/h1-7H,15H2,(H2,16,18). The normalized spacial score (nSPS) is 10.8. The van der Waals surface area contributed by atoms with Gasteiger partial charge in [0.05, 0.1) is 5.56 Å². The number of para-hydroxylation sites is 2. The number of carbonyl (C=O) groups excluding carboxylic acids is 1. The lowest BCUT2D eigenvalue weighted by molar-refractivity contribution is 0.0997. The molecule has 0 saturated heterocycles. The zero-order valence-corrected chi connectivity index (χ0v) is 11.2. The molecule has 3 rings (SSSR count). The summed E-state index contributed by atoms with van der Waals surface area (Å²) in [5.74, 6) is -0.511. The van der Waals surface area contributed by atoms with Gasteiger partial charge in [0.2, 0.25) is 5.91 Å². The second-order valence-electron chi connectivity index (χ2n) is 4.17. The second-order valence-corrected chi connectivity index (χ2v) is 5.16. The van der Waals surface area contributed by atoms with Gasteiger partial charge >= 0.3 is 0 Å². The molecule has 0 atom stereocenters. The predicted octanol–water partition coefficient (Wildman–Crippen LogP) is 2.66. The van der Waals surface area contributed by atoms with Crippen LogP contribution in [0.4, 0.5) is 5.69 Å². The first-order chi connectivity index (χ1) is 9.63. The van der Waals surface area contributed by atoms with Gasteiger partial charge in [-0.05, 0) is 42.1 Å². The number of anilines is 1. The molecule has 0 aliphatic rings. The Hall–Kier alpha value is -2.47. The summed E-state index contributed by atoms with van der Waals surface area (Å²) in [7, 11) is 0. The molecule has 3 aromatic rings. The number of hydrogen-bond donors (Lipinski definition) is 2. The van der Waals surface area contributed by atoms with Crippen LogP contribution < -0.4 is 11.5 Å². The Morgan fingerprint density at radius 1 is 1.20 bits per heavy atom. The lowest BCUT2D eigenvalue weighted by Crippen LogP contribution is -2.12. The molecule has 0 spiro atoms. The highest BCUT2D eigenvalue weighted by Gasteiger charge is 2.13. The number of nitrogen functional groups attached to an aromatic ring is 1.